The van der Waals surface area contributed by atoms with Gasteiger partial charge in [0.1, 0.15) is 11.0 Å². The fourth-order valence-electron chi connectivity index (χ4n) is 2.75. The van der Waals surface area contributed by atoms with Gasteiger partial charge in [0, 0.05) is 17.3 Å². The second-order valence-corrected chi connectivity index (χ2v) is 5.85. The molecule has 2 N–H and O–H groups in total. The van der Waals surface area contributed by atoms with Crippen molar-refractivity contribution in [1.82, 2.24) is 20.2 Å². The Morgan fingerprint density at radius 2 is 1.75 bits per heavy atom. The molecule has 9 heteroatoms. The highest BCUT2D eigenvalue weighted by Crippen LogP contribution is 2.32. The van der Waals surface area contributed by atoms with Gasteiger partial charge in [-0.2, -0.15) is 5.10 Å². The molecule has 2 aromatic heterocycles. The molecule has 0 spiro atoms. The van der Waals surface area contributed by atoms with Gasteiger partial charge in [-0.25, -0.2) is 18.7 Å². The Labute approximate surface area is 158 Å². The van der Waals surface area contributed by atoms with Crippen molar-refractivity contribution >= 4 is 22.5 Å². The summed E-state index contributed by atoms with van der Waals surface area (Å²) in [6, 6.07) is 8.80. The first-order valence-electron chi connectivity index (χ1n) is 8.24. The summed E-state index contributed by atoms with van der Waals surface area (Å²) in [5.74, 6) is -0.113. The summed E-state index contributed by atoms with van der Waals surface area (Å²) in [5, 5.41) is 9.99. The van der Waals surface area contributed by atoms with Crippen LogP contribution in [0, 0.1) is 11.6 Å². The summed E-state index contributed by atoms with van der Waals surface area (Å²) < 4.78 is 37.4. The fraction of sp³-hybridized carbons (Fsp3) is 0.105. The zero-order chi connectivity index (χ0) is 19.7. The number of hydrogen-bond acceptors (Lipinski definition) is 6. The van der Waals surface area contributed by atoms with Gasteiger partial charge in [-0.3, -0.25) is 5.10 Å². The first-order valence-corrected chi connectivity index (χ1v) is 8.24. The monoisotopic (exact) mass is 383 g/mol. The van der Waals surface area contributed by atoms with Crippen LogP contribution in [0.5, 0.6) is 11.5 Å². The van der Waals surface area contributed by atoms with Crippen LogP contribution in [-0.4, -0.2) is 34.4 Å². The first kappa shape index (κ1) is 17.7. The van der Waals surface area contributed by atoms with Crippen LogP contribution in [0.15, 0.2) is 42.6 Å². The number of benzene rings is 2. The molecule has 2 aromatic carbocycles. The molecule has 0 bridgehead atoms. The van der Waals surface area contributed by atoms with Gasteiger partial charge < -0.3 is 14.8 Å². The van der Waals surface area contributed by atoms with Crippen LogP contribution in [0.4, 0.5) is 20.3 Å². The van der Waals surface area contributed by atoms with E-state index in [-0.39, 0.29) is 5.82 Å². The minimum Gasteiger partial charge on any atom is -0.493 e. The summed E-state index contributed by atoms with van der Waals surface area (Å²) in [4.78, 5) is 8.81. The molecule has 7 nitrogen and oxygen atoms in total. The van der Waals surface area contributed by atoms with Crippen LogP contribution in [0.1, 0.15) is 0 Å². The quantitative estimate of drug-likeness (QED) is 0.541. The van der Waals surface area contributed by atoms with E-state index in [9.17, 15) is 8.78 Å². The highest BCUT2D eigenvalue weighted by Gasteiger charge is 2.14. The second-order valence-electron chi connectivity index (χ2n) is 5.85. The number of aromatic nitrogens is 4. The highest BCUT2D eigenvalue weighted by molar-refractivity contribution is 5.88. The van der Waals surface area contributed by atoms with Gasteiger partial charge in [0.25, 0.3) is 0 Å². The molecule has 0 aliphatic carbocycles. The molecule has 4 aromatic rings. The number of aromatic amines is 1. The third-order valence-corrected chi connectivity index (χ3v) is 4.12. The van der Waals surface area contributed by atoms with Crippen molar-refractivity contribution in [3.8, 4) is 22.9 Å². The van der Waals surface area contributed by atoms with E-state index < -0.39 is 11.6 Å². The summed E-state index contributed by atoms with van der Waals surface area (Å²) in [6.07, 6.45) is 1.53. The largest absolute Gasteiger partial charge is 0.493 e. The van der Waals surface area contributed by atoms with Crippen molar-refractivity contribution < 1.29 is 18.3 Å². The highest BCUT2D eigenvalue weighted by atomic mass is 19.2. The lowest BCUT2D eigenvalue weighted by Gasteiger charge is -2.12. The van der Waals surface area contributed by atoms with E-state index in [1.54, 1.807) is 32.4 Å². The molecule has 0 unspecified atom stereocenters. The van der Waals surface area contributed by atoms with Gasteiger partial charge in [0.05, 0.1) is 20.4 Å². The second kappa shape index (κ2) is 7.10. The molecule has 0 saturated heterocycles. The Hall–Kier alpha value is -3.75. The van der Waals surface area contributed by atoms with E-state index >= 15 is 0 Å². The van der Waals surface area contributed by atoms with E-state index in [4.69, 9.17) is 9.47 Å². The normalized spacial score (nSPS) is 10.9. The van der Waals surface area contributed by atoms with Gasteiger partial charge in [-0.1, -0.05) is 0 Å². The van der Waals surface area contributed by atoms with Crippen molar-refractivity contribution in [2.75, 3.05) is 19.5 Å². The molecule has 0 aliphatic heterocycles. The maximum atomic E-state index is 13.6. The SMILES string of the molecule is COc1ccc(Nc2nc(-c3ccc(F)c(F)c3)nc3cn[nH]c23)cc1OC. The van der Waals surface area contributed by atoms with Crippen LogP contribution < -0.4 is 14.8 Å². The van der Waals surface area contributed by atoms with Gasteiger partial charge in [-0.05, 0) is 30.3 Å². The van der Waals surface area contributed by atoms with E-state index in [1.807, 2.05) is 0 Å². The van der Waals surface area contributed by atoms with Crippen molar-refractivity contribution in [1.29, 1.82) is 0 Å². The lowest BCUT2D eigenvalue weighted by molar-refractivity contribution is 0.355. The molecular weight excluding hydrogens is 368 g/mol. The van der Waals surface area contributed by atoms with E-state index in [1.165, 1.54) is 12.3 Å². The van der Waals surface area contributed by atoms with Gasteiger partial charge in [0.2, 0.25) is 0 Å². The number of hydrogen-bond donors (Lipinski definition) is 2. The Bertz CT molecular complexity index is 1160. The number of methoxy groups -OCH3 is 2. The first-order chi connectivity index (χ1) is 13.6. The Morgan fingerprint density at radius 3 is 2.50 bits per heavy atom. The molecule has 4 rings (SSSR count). The van der Waals surface area contributed by atoms with Gasteiger partial charge in [0.15, 0.2) is 34.8 Å². The molecule has 28 heavy (non-hydrogen) atoms. The van der Waals surface area contributed by atoms with Crippen LogP contribution >= 0.6 is 0 Å². The summed E-state index contributed by atoms with van der Waals surface area (Å²) in [5.41, 5.74) is 2.12. The number of halogens is 2. The molecule has 0 amide bonds. The number of rotatable bonds is 5. The summed E-state index contributed by atoms with van der Waals surface area (Å²) in [6.45, 7) is 0. The van der Waals surface area contributed by atoms with Crippen molar-refractivity contribution in [2.24, 2.45) is 0 Å². The number of H-pyrrole nitrogens is 1. The average molecular weight is 383 g/mol. The molecule has 0 saturated carbocycles. The molecule has 2 heterocycles. The number of ether oxygens (including phenoxy) is 2. The fourth-order valence-corrected chi connectivity index (χ4v) is 2.75. The van der Waals surface area contributed by atoms with Crippen LogP contribution in [0.2, 0.25) is 0 Å². The van der Waals surface area contributed by atoms with Crippen molar-refractivity contribution in [3.05, 3.63) is 54.2 Å². The summed E-state index contributed by atoms with van der Waals surface area (Å²) >= 11 is 0. The predicted molar refractivity (Wildman–Crippen MR) is 99.9 cm³/mol. The van der Waals surface area contributed by atoms with Gasteiger partial charge >= 0.3 is 0 Å². The van der Waals surface area contributed by atoms with Crippen LogP contribution in [0.3, 0.4) is 0 Å². The van der Waals surface area contributed by atoms with E-state index in [0.717, 1.165) is 12.1 Å². The predicted octanol–water partition coefficient (Wildman–Crippen LogP) is 4.06. The maximum absolute atomic E-state index is 13.6. The van der Waals surface area contributed by atoms with Crippen LogP contribution in [-0.2, 0) is 0 Å². The lowest BCUT2D eigenvalue weighted by atomic mass is 10.2. The topological polar surface area (TPSA) is 85.0 Å². The Balaban J connectivity index is 1.78. The number of nitrogens with zero attached hydrogens (tertiary/aromatic N) is 3. The third-order valence-electron chi connectivity index (χ3n) is 4.12. The Morgan fingerprint density at radius 1 is 0.929 bits per heavy atom. The molecule has 0 fully saturated rings. The minimum absolute atomic E-state index is 0.232. The minimum atomic E-state index is -0.970. The molecule has 0 atom stereocenters. The zero-order valence-corrected chi connectivity index (χ0v) is 15.0. The molecule has 142 valence electrons. The molecule has 0 radical (unpaired) electrons. The number of fused-ring (bicyclic) bond motifs is 1. The number of anilines is 2. The summed E-state index contributed by atoms with van der Waals surface area (Å²) in [7, 11) is 3.10. The van der Waals surface area contributed by atoms with E-state index in [0.29, 0.717) is 39.6 Å². The van der Waals surface area contributed by atoms with E-state index in [2.05, 4.69) is 25.5 Å². The zero-order valence-electron chi connectivity index (χ0n) is 15.0. The standard InChI is InChI=1S/C19H15F2N5O2/c1-27-15-6-4-11(8-16(15)28-2)23-19-17-14(9-22-26-17)24-18(25-19)10-3-5-12(20)13(21)7-10/h3-9H,1-2H3,(H,22,26)(H,23,24,25). The van der Waals surface area contributed by atoms with Gasteiger partial charge in [-0.15, -0.1) is 0 Å². The smallest absolute Gasteiger partial charge is 0.162 e. The molecule has 0 aliphatic rings. The average Bonchev–Trinajstić information content (AvgIpc) is 3.19. The van der Waals surface area contributed by atoms with Crippen molar-refractivity contribution in [3.63, 3.8) is 0 Å². The van der Waals surface area contributed by atoms with Crippen molar-refractivity contribution in [2.45, 2.75) is 0 Å². The number of nitrogens with one attached hydrogen (secondary N) is 2. The Kier molecular flexibility index (Phi) is 4.48. The maximum Gasteiger partial charge on any atom is 0.162 e. The van der Waals surface area contributed by atoms with Crippen LogP contribution in [0.25, 0.3) is 22.4 Å². The third kappa shape index (κ3) is 3.18. The molecular formula is C19H15F2N5O2. The lowest BCUT2D eigenvalue weighted by Crippen LogP contribution is -2.00.